The second-order valence-electron chi connectivity index (χ2n) is 4.56. The van der Waals surface area contributed by atoms with Gasteiger partial charge in [-0.2, -0.15) is 0 Å². The molecule has 2 rings (SSSR count). The molecule has 1 aliphatic heterocycles. The Morgan fingerprint density at radius 2 is 1.94 bits per heavy atom. The highest BCUT2D eigenvalue weighted by Gasteiger charge is 2.43. The van der Waals surface area contributed by atoms with E-state index < -0.39 is 17.4 Å². The van der Waals surface area contributed by atoms with Gasteiger partial charge in [0.15, 0.2) is 0 Å². The highest BCUT2D eigenvalue weighted by molar-refractivity contribution is 6.08. The van der Waals surface area contributed by atoms with Gasteiger partial charge in [0.2, 0.25) is 5.91 Å². The number of imide groups is 1. The van der Waals surface area contributed by atoms with E-state index in [1.165, 1.54) is 17.3 Å². The Labute approximate surface area is 104 Å². The number of carbonyl (C=O) groups excluding carboxylic acids is 3. The maximum absolute atomic E-state index is 12.3. The molecule has 0 bridgehead atoms. The lowest BCUT2D eigenvalue weighted by atomic mass is 9.97. The highest BCUT2D eigenvalue weighted by atomic mass is 16.2. The Morgan fingerprint density at radius 1 is 1.33 bits per heavy atom. The molecule has 0 aromatic carbocycles. The highest BCUT2D eigenvalue weighted by Crippen LogP contribution is 2.20. The molecule has 1 aromatic rings. The number of piperazine rings is 1. The number of hydrogen-bond donors (Lipinski definition) is 1. The van der Waals surface area contributed by atoms with Crippen LogP contribution in [-0.2, 0) is 9.59 Å². The molecule has 0 atom stereocenters. The maximum atomic E-state index is 12.3. The fourth-order valence-electron chi connectivity index (χ4n) is 1.76. The summed E-state index contributed by atoms with van der Waals surface area (Å²) in [5.74, 6) is -1.30. The molecule has 0 spiro atoms. The van der Waals surface area contributed by atoms with E-state index in [4.69, 9.17) is 0 Å². The summed E-state index contributed by atoms with van der Waals surface area (Å²) in [5, 5.41) is 2.22. The van der Waals surface area contributed by atoms with Crippen LogP contribution < -0.4 is 5.32 Å². The summed E-state index contributed by atoms with van der Waals surface area (Å²) >= 11 is 0. The van der Waals surface area contributed by atoms with Crippen molar-refractivity contribution in [3.05, 3.63) is 30.1 Å². The van der Waals surface area contributed by atoms with Crippen LogP contribution in [0, 0.1) is 0 Å². The fraction of sp³-hybridized carbons (Fsp3) is 0.333. The molecule has 1 fully saturated rings. The van der Waals surface area contributed by atoms with E-state index in [2.05, 4.69) is 10.3 Å². The van der Waals surface area contributed by atoms with Crippen LogP contribution in [0.3, 0.4) is 0 Å². The quantitative estimate of drug-likeness (QED) is 0.706. The molecule has 0 radical (unpaired) electrons. The van der Waals surface area contributed by atoms with Crippen molar-refractivity contribution in [1.29, 1.82) is 0 Å². The average Bonchev–Trinajstić information content (AvgIpc) is 2.34. The SMILES string of the molecule is CC1(C)C(=O)NC(=O)CN1C(=O)c1ccncc1. The minimum atomic E-state index is -1.05. The first-order chi connectivity index (χ1) is 8.43. The number of carbonyl (C=O) groups is 3. The van der Waals surface area contributed by atoms with E-state index in [1.54, 1.807) is 26.0 Å². The maximum Gasteiger partial charge on any atom is 0.255 e. The summed E-state index contributed by atoms with van der Waals surface area (Å²) in [6.07, 6.45) is 2.98. The fourth-order valence-corrected chi connectivity index (χ4v) is 1.76. The predicted molar refractivity (Wildman–Crippen MR) is 62.5 cm³/mol. The predicted octanol–water partition coefficient (Wildman–Crippen LogP) is -0.0412. The van der Waals surface area contributed by atoms with Crippen molar-refractivity contribution >= 4 is 17.7 Å². The van der Waals surface area contributed by atoms with Gasteiger partial charge in [0, 0.05) is 18.0 Å². The zero-order chi connectivity index (χ0) is 13.3. The van der Waals surface area contributed by atoms with Crippen LogP contribution in [0.15, 0.2) is 24.5 Å². The largest absolute Gasteiger partial charge is 0.315 e. The summed E-state index contributed by atoms with van der Waals surface area (Å²) < 4.78 is 0. The van der Waals surface area contributed by atoms with Gasteiger partial charge in [-0.05, 0) is 26.0 Å². The van der Waals surface area contributed by atoms with Gasteiger partial charge in [0.05, 0.1) is 0 Å². The molecule has 1 aliphatic rings. The van der Waals surface area contributed by atoms with E-state index >= 15 is 0 Å². The molecule has 1 N–H and O–H groups in total. The third kappa shape index (κ3) is 1.97. The first-order valence-corrected chi connectivity index (χ1v) is 5.49. The minimum Gasteiger partial charge on any atom is -0.315 e. The van der Waals surface area contributed by atoms with Crippen molar-refractivity contribution in [2.75, 3.05) is 6.54 Å². The van der Waals surface area contributed by atoms with Crippen molar-refractivity contribution in [1.82, 2.24) is 15.2 Å². The van der Waals surface area contributed by atoms with Gasteiger partial charge in [0.25, 0.3) is 11.8 Å². The van der Waals surface area contributed by atoms with Crippen LogP contribution >= 0.6 is 0 Å². The van der Waals surface area contributed by atoms with Crippen LogP contribution in [0.1, 0.15) is 24.2 Å². The Bertz CT molecular complexity index is 511. The molecule has 0 aliphatic carbocycles. The van der Waals surface area contributed by atoms with Gasteiger partial charge in [-0.1, -0.05) is 0 Å². The molecular weight excluding hydrogens is 234 g/mol. The van der Waals surface area contributed by atoms with Crippen LogP contribution in [0.4, 0.5) is 0 Å². The number of nitrogens with zero attached hydrogens (tertiary/aromatic N) is 2. The normalized spacial score (nSPS) is 18.4. The molecular formula is C12H13N3O3. The van der Waals surface area contributed by atoms with Crippen LogP contribution in [0.2, 0.25) is 0 Å². The molecule has 0 saturated carbocycles. The molecule has 1 saturated heterocycles. The van der Waals surface area contributed by atoms with E-state index in [9.17, 15) is 14.4 Å². The van der Waals surface area contributed by atoms with Gasteiger partial charge in [-0.25, -0.2) is 0 Å². The van der Waals surface area contributed by atoms with Crippen LogP contribution in [-0.4, -0.2) is 39.7 Å². The molecule has 2 heterocycles. The lowest BCUT2D eigenvalue weighted by molar-refractivity contribution is -0.143. The minimum absolute atomic E-state index is 0.125. The molecule has 94 valence electrons. The lowest BCUT2D eigenvalue weighted by Crippen LogP contribution is -2.65. The topological polar surface area (TPSA) is 79.4 Å². The van der Waals surface area contributed by atoms with Crippen LogP contribution in [0.5, 0.6) is 0 Å². The first-order valence-electron chi connectivity index (χ1n) is 5.49. The monoisotopic (exact) mass is 247 g/mol. The van der Waals surface area contributed by atoms with Crippen molar-refractivity contribution in [2.24, 2.45) is 0 Å². The lowest BCUT2D eigenvalue weighted by Gasteiger charge is -2.40. The van der Waals surface area contributed by atoms with Gasteiger partial charge in [-0.3, -0.25) is 24.7 Å². The Hall–Kier alpha value is -2.24. The Morgan fingerprint density at radius 3 is 2.56 bits per heavy atom. The summed E-state index contributed by atoms with van der Waals surface area (Å²) in [7, 11) is 0. The van der Waals surface area contributed by atoms with Gasteiger partial charge < -0.3 is 4.90 Å². The summed E-state index contributed by atoms with van der Waals surface area (Å²) in [5.41, 5.74) is -0.644. The number of pyridine rings is 1. The average molecular weight is 247 g/mol. The molecule has 0 unspecified atom stereocenters. The summed E-state index contributed by atoms with van der Waals surface area (Å²) in [6, 6.07) is 3.10. The molecule has 6 nitrogen and oxygen atoms in total. The second-order valence-corrected chi connectivity index (χ2v) is 4.56. The number of nitrogens with one attached hydrogen (secondary N) is 1. The molecule has 1 aromatic heterocycles. The summed E-state index contributed by atoms with van der Waals surface area (Å²) in [4.78, 5) is 40.5. The van der Waals surface area contributed by atoms with Crippen molar-refractivity contribution < 1.29 is 14.4 Å². The van der Waals surface area contributed by atoms with Crippen molar-refractivity contribution in [2.45, 2.75) is 19.4 Å². The zero-order valence-electron chi connectivity index (χ0n) is 10.1. The number of aromatic nitrogens is 1. The Balaban J connectivity index is 2.34. The van der Waals surface area contributed by atoms with E-state index in [-0.39, 0.29) is 12.5 Å². The van der Waals surface area contributed by atoms with Gasteiger partial charge in [-0.15, -0.1) is 0 Å². The standard InChI is InChI=1S/C12H13N3O3/c1-12(2)11(18)14-9(16)7-15(12)10(17)8-3-5-13-6-4-8/h3-6H,7H2,1-2H3,(H,14,16,18). The summed E-state index contributed by atoms with van der Waals surface area (Å²) in [6.45, 7) is 3.08. The zero-order valence-corrected chi connectivity index (χ0v) is 10.1. The van der Waals surface area contributed by atoms with Crippen LogP contribution in [0.25, 0.3) is 0 Å². The Kier molecular flexibility index (Phi) is 2.86. The third-order valence-corrected chi connectivity index (χ3v) is 2.96. The van der Waals surface area contributed by atoms with Gasteiger partial charge in [0.1, 0.15) is 12.1 Å². The first kappa shape index (κ1) is 12.2. The second kappa shape index (κ2) is 4.21. The molecule has 6 heteroatoms. The van der Waals surface area contributed by atoms with E-state index in [1.807, 2.05) is 0 Å². The van der Waals surface area contributed by atoms with Crippen molar-refractivity contribution in [3.8, 4) is 0 Å². The van der Waals surface area contributed by atoms with E-state index in [0.717, 1.165) is 0 Å². The molecule has 3 amide bonds. The van der Waals surface area contributed by atoms with Crippen molar-refractivity contribution in [3.63, 3.8) is 0 Å². The number of hydrogen-bond acceptors (Lipinski definition) is 4. The number of rotatable bonds is 1. The smallest absolute Gasteiger partial charge is 0.255 e. The third-order valence-electron chi connectivity index (χ3n) is 2.96. The van der Waals surface area contributed by atoms with Gasteiger partial charge >= 0.3 is 0 Å². The number of amides is 3. The molecule has 18 heavy (non-hydrogen) atoms. The van der Waals surface area contributed by atoms with E-state index in [0.29, 0.717) is 5.56 Å².